The predicted molar refractivity (Wildman–Crippen MR) is 44.4 cm³/mol. The summed E-state index contributed by atoms with van der Waals surface area (Å²) in [6, 6.07) is 0.698. The van der Waals surface area contributed by atoms with E-state index in [1.807, 2.05) is 0 Å². The van der Waals surface area contributed by atoms with Crippen LogP contribution in [0.25, 0.3) is 0 Å². The monoisotopic (exact) mass is 259 g/mol. The van der Waals surface area contributed by atoms with Crippen LogP contribution in [0.2, 0.25) is 0 Å². The molecule has 0 amide bonds. The minimum absolute atomic E-state index is 0.175. The molecule has 1 aromatic rings. The fraction of sp³-hybridized carbons (Fsp3) is 0.250. The molecule has 0 atom stereocenters. The van der Waals surface area contributed by atoms with Crippen molar-refractivity contribution in [2.24, 2.45) is 0 Å². The largest absolute Gasteiger partial charge is 0.433 e. The Morgan fingerprint density at radius 3 is 2.25 bits per heavy atom. The number of nitrogens with zero attached hydrogens (tertiary/aromatic N) is 1. The number of alkyl halides is 5. The first-order valence-corrected chi connectivity index (χ1v) is 4.17. The fourth-order valence-corrected chi connectivity index (χ4v) is 1.02. The molecule has 0 spiro atoms. The van der Waals surface area contributed by atoms with Crippen LogP contribution in [0.15, 0.2) is 12.1 Å². The molecule has 0 fully saturated rings. The second-order valence-electron chi connectivity index (χ2n) is 2.74. The quantitative estimate of drug-likeness (QED) is 0.602. The van der Waals surface area contributed by atoms with Crippen molar-refractivity contribution >= 4 is 16.8 Å². The predicted octanol–water partition coefficient (Wildman–Crippen LogP) is 3.42. The minimum atomic E-state index is -4.91. The van der Waals surface area contributed by atoms with Crippen molar-refractivity contribution in [1.29, 1.82) is 0 Å². The zero-order valence-electron chi connectivity index (χ0n) is 7.36. The molecule has 0 aliphatic heterocycles. The van der Waals surface area contributed by atoms with Crippen molar-refractivity contribution in [1.82, 2.24) is 4.98 Å². The smallest absolute Gasteiger partial charge is 0.274 e. The second kappa shape index (κ2) is 4.32. The number of hydrogen-bond donors (Lipinski definition) is 0. The van der Waals surface area contributed by atoms with Gasteiger partial charge in [-0.1, -0.05) is 0 Å². The number of carbonyl (C=O) groups excluding carboxylic acids is 1. The van der Waals surface area contributed by atoms with E-state index < -0.39 is 34.8 Å². The molecule has 0 bridgehead atoms. The van der Waals surface area contributed by atoms with Crippen molar-refractivity contribution in [3.63, 3.8) is 0 Å². The van der Waals surface area contributed by atoms with Crippen LogP contribution in [0.5, 0.6) is 0 Å². The molecule has 1 rings (SSSR count). The number of rotatable bonds is 2. The molecule has 0 aliphatic rings. The Morgan fingerprint density at radius 2 is 1.88 bits per heavy atom. The van der Waals surface area contributed by atoms with Gasteiger partial charge in [-0.05, 0) is 23.7 Å². The molecule has 0 saturated heterocycles. The third-order valence-electron chi connectivity index (χ3n) is 1.59. The van der Waals surface area contributed by atoms with Crippen LogP contribution in [-0.4, -0.2) is 10.2 Å². The lowest BCUT2D eigenvalue weighted by atomic mass is 10.2. The van der Waals surface area contributed by atoms with Crippen LogP contribution in [0.3, 0.4) is 0 Å². The van der Waals surface area contributed by atoms with Crippen LogP contribution < -0.4 is 0 Å². The van der Waals surface area contributed by atoms with E-state index in [0.29, 0.717) is 6.07 Å². The van der Waals surface area contributed by atoms with E-state index in [9.17, 15) is 26.7 Å². The van der Waals surface area contributed by atoms with Crippen LogP contribution in [0.4, 0.5) is 22.0 Å². The van der Waals surface area contributed by atoms with Crippen molar-refractivity contribution in [2.75, 3.05) is 0 Å². The average molecular weight is 260 g/mol. The van der Waals surface area contributed by atoms with Crippen molar-refractivity contribution < 1.29 is 26.7 Å². The standard InChI is InChI=1S/C8H3ClF5NO/c9-6(16)4-1-3(7(10)11)2-5(15-4)8(12,13)14/h1-2,7H. The molecule has 88 valence electrons. The molecule has 16 heavy (non-hydrogen) atoms. The number of halogens is 6. The van der Waals surface area contributed by atoms with E-state index in [4.69, 9.17) is 11.6 Å². The summed E-state index contributed by atoms with van der Waals surface area (Å²) in [6.07, 6.45) is -8.05. The lowest BCUT2D eigenvalue weighted by molar-refractivity contribution is -0.141. The molecule has 0 aromatic carbocycles. The maximum atomic E-state index is 12.2. The Labute approximate surface area is 91.0 Å². The summed E-state index contributed by atoms with van der Waals surface area (Å²) in [5.74, 6) is 0. The molecular weight excluding hydrogens is 257 g/mol. The molecule has 0 unspecified atom stereocenters. The Morgan fingerprint density at radius 1 is 1.31 bits per heavy atom. The Kier molecular flexibility index (Phi) is 3.47. The molecular formula is C8H3ClF5NO. The average Bonchev–Trinajstić information content (AvgIpc) is 2.15. The van der Waals surface area contributed by atoms with Gasteiger partial charge in [-0.2, -0.15) is 13.2 Å². The van der Waals surface area contributed by atoms with Crippen LogP contribution in [0.1, 0.15) is 28.2 Å². The first-order chi connectivity index (χ1) is 7.21. The minimum Gasteiger partial charge on any atom is -0.274 e. The van der Waals surface area contributed by atoms with Crippen molar-refractivity contribution in [3.05, 3.63) is 29.1 Å². The molecule has 2 nitrogen and oxygen atoms in total. The Bertz CT molecular complexity index is 417. The van der Waals surface area contributed by atoms with Gasteiger partial charge in [0.25, 0.3) is 11.7 Å². The highest BCUT2D eigenvalue weighted by molar-refractivity contribution is 6.67. The third kappa shape index (κ3) is 2.88. The summed E-state index contributed by atoms with van der Waals surface area (Å²) in [5, 5.41) is -1.33. The normalized spacial score (nSPS) is 11.9. The van der Waals surface area contributed by atoms with E-state index in [0.717, 1.165) is 0 Å². The summed E-state index contributed by atoms with van der Waals surface area (Å²) in [4.78, 5) is 13.4. The zero-order valence-corrected chi connectivity index (χ0v) is 8.11. The van der Waals surface area contributed by atoms with E-state index in [-0.39, 0.29) is 6.07 Å². The van der Waals surface area contributed by atoms with Crippen molar-refractivity contribution in [2.45, 2.75) is 12.6 Å². The van der Waals surface area contributed by atoms with E-state index in [1.165, 1.54) is 0 Å². The highest BCUT2D eigenvalue weighted by atomic mass is 35.5. The topological polar surface area (TPSA) is 30.0 Å². The van der Waals surface area contributed by atoms with Crippen molar-refractivity contribution in [3.8, 4) is 0 Å². The summed E-state index contributed by atoms with van der Waals surface area (Å²) in [7, 11) is 0. The summed E-state index contributed by atoms with van der Waals surface area (Å²) < 4.78 is 61.1. The summed E-state index contributed by atoms with van der Waals surface area (Å²) >= 11 is 4.89. The highest BCUT2D eigenvalue weighted by Gasteiger charge is 2.34. The van der Waals surface area contributed by atoms with Crippen LogP contribution >= 0.6 is 11.6 Å². The van der Waals surface area contributed by atoms with E-state index in [1.54, 1.807) is 0 Å². The molecule has 1 heterocycles. The molecule has 8 heteroatoms. The van der Waals surface area contributed by atoms with Gasteiger partial charge in [0.05, 0.1) is 0 Å². The lowest BCUT2D eigenvalue weighted by Gasteiger charge is -2.08. The SMILES string of the molecule is O=C(Cl)c1cc(C(F)F)cc(C(F)(F)F)n1. The van der Waals surface area contributed by atoms with E-state index in [2.05, 4.69) is 4.98 Å². The van der Waals surface area contributed by atoms with Crippen LogP contribution in [-0.2, 0) is 6.18 Å². The Hall–Kier alpha value is -1.24. The van der Waals surface area contributed by atoms with Gasteiger partial charge in [0, 0.05) is 5.56 Å². The number of carbonyl (C=O) groups is 1. The molecule has 1 aromatic heterocycles. The van der Waals surface area contributed by atoms with Gasteiger partial charge in [0.15, 0.2) is 0 Å². The summed E-state index contributed by atoms with van der Waals surface area (Å²) in [5.41, 5.74) is -3.38. The molecule has 0 aliphatic carbocycles. The van der Waals surface area contributed by atoms with Gasteiger partial charge in [-0.25, -0.2) is 13.8 Å². The number of pyridine rings is 1. The second-order valence-corrected chi connectivity index (χ2v) is 3.09. The highest BCUT2D eigenvalue weighted by Crippen LogP contribution is 2.31. The molecule has 0 saturated carbocycles. The third-order valence-corrected chi connectivity index (χ3v) is 1.79. The maximum absolute atomic E-state index is 12.2. The first-order valence-electron chi connectivity index (χ1n) is 3.79. The van der Waals surface area contributed by atoms with Gasteiger partial charge >= 0.3 is 6.18 Å². The van der Waals surface area contributed by atoms with Gasteiger partial charge in [0.1, 0.15) is 11.4 Å². The Balaban J connectivity index is 3.36. The van der Waals surface area contributed by atoms with Gasteiger partial charge in [-0.3, -0.25) is 4.79 Å². The van der Waals surface area contributed by atoms with Crippen LogP contribution in [0, 0.1) is 0 Å². The summed E-state index contributed by atoms with van der Waals surface area (Å²) in [6.45, 7) is 0. The zero-order chi connectivity index (χ0) is 12.5. The fourth-order valence-electron chi connectivity index (χ4n) is 0.924. The molecule has 0 N–H and O–H groups in total. The van der Waals surface area contributed by atoms with Gasteiger partial charge in [-0.15, -0.1) is 0 Å². The maximum Gasteiger partial charge on any atom is 0.433 e. The number of aromatic nitrogens is 1. The van der Waals surface area contributed by atoms with Gasteiger partial charge < -0.3 is 0 Å². The first kappa shape index (κ1) is 12.8. The van der Waals surface area contributed by atoms with Gasteiger partial charge in [0.2, 0.25) is 0 Å². The van der Waals surface area contributed by atoms with E-state index >= 15 is 0 Å². The number of hydrogen-bond acceptors (Lipinski definition) is 2. The lowest BCUT2D eigenvalue weighted by Crippen LogP contribution is -2.11. The molecule has 0 radical (unpaired) electrons.